The molecule has 0 unspecified atom stereocenters. The molecule has 1 atom stereocenters. The summed E-state index contributed by atoms with van der Waals surface area (Å²) >= 11 is 5.79. The van der Waals surface area contributed by atoms with Crippen LogP contribution in [0.2, 0.25) is 5.02 Å². The molecule has 1 aromatic heterocycles. The van der Waals surface area contributed by atoms with E-state index < -0.39 is 5.82 Å². The Bertz CT molecular complexity index is 575. The Kier molecular flexibility index (Phi) is 3.58. The van der Waals surface area contributed by atoms with Crippen molar-refractivity contribution in [3.63, 3.8) is 0 Å². The van der Waals surface area contributed by atoms with Gasteiger partial charge in [-0.25, -0.2) is 4.39 Å². The highest BCUT2D eigenvalue weighted by Gasteiger charge is 2.18. The number of furan rings is 1. The molecule has 1 aromatic carbocycles. The quantitative estimate of drug-likeness (QED) is 0.872. The first-order chi connectivity index (χ1) is 9.24. The first kappa shape index (κ1) is 12.7. The molecule has 0 bridgehead atoms. The van der Waals surface area contributed by atoms with Crippen molar-refractivity contribution < 1.29 is 8.81 Å². The van der Waals surface area contributed by atoms with Gasteiger partial charge in [-0.05, 0) is 49.7 Å². The number of benzene rings is 1. The molecule has 1 aliphatic rings. The fourth-order valence-corrected chi connectivity index (χ4v) is 2.62. The molecule has 4 heteroatoms. The predicted molar refractivity (Wildman–Crippen MR) is 73.7 cm³/mol. The second-order valence-corrected chi connectivity index (χ2v) is 5.24. The summed E-state index contributed by atoms with van der Waals surface area (Å²) in [6, 6.07) is 8.81. The summed E-state index contributed by atoms with van der Waals surface area (Å²) in [7, 11) is 0. The van der Waals surface area contributed by atoms with Gasteiger partial charge >= 0.3 is 0 Å². The third kappa shape index (κ3) is 2.67. The van der Waals surface area contributed by atoms with E-state index in [2.05, 4.69) is 5.32 Å². The maximum atomic E-state index is 13.1. The summed E-state index contributed by atoms with van der Waals surface area (Å²) in [4.78, 5) is 0. The minimum atomic E-state index is -0.411. The van der Waals surface area contributed by atoms with Gasteiger partial charge in [0, 0.05) is 5.56 Å². The van der Waals surface area contributed by atoms with Gasteiger partial charge in [0.1, 0.15) is 17.3 Å². The SMILES string of the molecule is Fc1ccc(-c2ccc([C@@H]3CCCCN3)o2)cc1Cl. The van der Waals surface area contributed by atoms with Crippen LogP contribution >= 0.6 is 11.6 Å². The maximum absolute atomic E-state index is 13.1. The third-order valence-corrected chi connectivity index (χ3v) is 3.77. The van der Waals surface area contributed by atoms with Gasteiger partial charge in [-0.2, -0.15) is 0 Å². The van der Waals surface area contributed by atoms with Gasteiger partial charge in [0.25, 0.3) is 0 Å². The Morgan fingerprint density at radius 1 is 1.21 bits per heavy atom. The lowest BCUT2D eigenvalue weighted by Gasteiger charge is -2.21. The number of nitrogens with one attached hydrogen (secondary N) is 1. The van der Waals surface area contributed by atoms with Gasteiger partial charge in [-0.3, -0.25) is 0 Å². The lowest BCUT2D eigenvalue weighted by Crippen LogP contribution is -2.26. The Morgan fingerprint density at radius 2 is 2.11 bits per heavy atom. The van der Waals surface area contributed by atoms with Crippen molar-refractivity contribution >= 4 is 11.6 Å². The van der Waals surface area contributed by atoms with Crippen molar-refractivity contribution in [1.29, 1.82) is 0 Å². The van der Waals surface area contributed by atoms with Crippen molar-refractivity contribution in [2.24, 2.45) is 0 Å². The first-order valence-corrected chi connectivity index (χ1v) is 6.90. The molecule has 1 aliphatic heterocycles. The molecule has 100 valence electrons. The molecule has 0 spiro atoms. The fourth-order valence-electron chi connectivity index (χ4n) is 2.44. The van der Waals surface area contributed by atoms with E-state index in [4.69, 9.17) is 16.0 Å². The average Bonchev–Trinajstić information content (AvgIpc) is 2.93. The lowest BCUT2D eigenvalue weighted by molar-refractivity contribution is 0.353. The van der Waals surface area contributed by atoms with E-state index in [-0.39, 0.29) is 5.02 Å². The summed E-state index contributed by atoms with van der Waals surface area (Å²) in [5.74, 6) is 1.26. The largest absolute Gasteiger partial charge is 0.459 e. The van der Waals surface area contributed by atoms with Crippen molar-refractivity contribution in [2.45, 2.75) is 25.3 Å². The van der Waals surface area contributed by atoms with E-state index in [1.54, 1.807) is 12.1 Å². The number of hydrogen-bond acceptors (Lipinski definition) is 2. The topological polar surface area (TPSA) is 25.2 Å². The van der Waals surface area contributed by atoms with Crippen LogP contribution in [0.15, 0.2) is 34.7 Å². The molecular formula is C15H15ClFNO. The van der Waals surface area contributed by atoms with E-state index in [0.29, 0.717) is 6.04 Å². The van der Waals surface area contributed by atoms with Gasteiger partial charge in [0.15, 0.2) is 0 Å². The standard InChI is InChI=1S/C15H15ClFNO/c16-11-9-10(4-5-12(11)17)14-6-7-15(19-14)13-3-1-2-8-18-13/h4-7,9,13,18H,1-3,8H2/t13-/m0/s1. The highest BCUT2D eigenvalue weighted by molar-refractivity contribution is 6.31. The highest BCUT2D eigenvalue weighted by atomic mass is 35.5. The van der Waals surface area contributed by atoms with Crippen LogP contribution in [0.25, 0.3) is 11.3 Å². The summed E-state index contributed by atoms with van der Waals surface area (Å²) in [6.07, 6.45) is 3.53. The molecule has 2 aromatic rings. The smallest absolute Gasteiger partial charge is 0.141 e. The zero-order valence-electron chi connectivity index (χ0n) is 10.5. The Morgan fingerprint density at radius 3 is 2.84 bits per heavy atom. The third-order valence-electron chi connectivity index (χ3n) is 3.48. The van der Waals surface area contributed by atoms with Crippen molar-refractivity contribution in [3.05, 3.63) is 46.9 Å². The lowest BCUT2D eigenvalue weighted by atomic mass is 10.0. The van der Waals surface area contributed by atoms with E-state index in [1.165, 1.54) is 18.9 Å². The molecule has 1 N–H and O–H groups in total. The number of hydrogen-bond donors (Lipinski definition) is 1. The monoisotopic (exact) mass is 279 g/mol. The second-order valence-electron chi connectivity index (χ2n) is 4.83. The van der Waals surface area contributed by atoms with Crippen LogP contribution in [-0.4, -0.2) is 6.54 Å². The number of rotatable bonds is 2. The summed E-state index contributed by atoms with van der Waals surface area (Å²) < 4.78 is 19.0. The van der Waals surface area contributed by atoms with Crippen LogP contribution in [0.5, 0.6) is 0 Å². The highest BCUT2D eigenvalue weighted by Crippen LogP contribution is 2.30. The molecule has 1 fully saturated rings. The van der Waals surface area contributed by atoms with Crippen LogP contribution in [0.4, 0.5) is 4.39 Å². The van der Waals surface area contributed by atoms with Crippen LogP contribution in [0.3, 0.4) is 0 Å². The van der Waals surface area contributed by atoms with E-state index in [0.717, 1.165) is 30.0 Å². The van der Waals surface area contributed by atoms with E-state index in [9.17, 15) is 4.39 Å². The van der Waals surface area contributed by atoms with Crippen molar-refractivity contribution in [2.75, 3.05) is 6.54 Å². The summed E-state index contributed by atoms with van der Waals surface area (Å²) in [5, 5.41) is 3.56. The van der Waals surface area contributed by atoms with Gasteiger partial charge in [-0.15, -0.1) is 0 Å². The number of halogens is 2. The van der Waals surface area contributed by atoms with Crippen LogP contribution in [0.1, 0.15) is 31.1 Å². The first-order valence-electron chi connectivity index (χ1n) is 6.52. The molecule has 0 saturated carbocycles. The second kappa shape index (κ2) is 5.35. The maximum Gasteiger partial charge on any atom is 0.141 e. The molecular weight excluding hydrogens is 265 g/mol. The van der Waals surface area contributed by atoms with Gasteiger partial charge in [0.05, 0.1) is 11.1 Å². The van der Waals surface area contributed by atoms with Crippen molar-refractivity contribution in [3.8, 4) is 11.3 Å². The zero-order valence-corrected chi connectivity index (χ0v) is 11.2. The normalized spacial score (nSPS) is 19.6. The molecule has 1 saturated heterocycles. The molecule has 3 rings (SSSR count). The fraction of sp³-hybridized carbons (Fsp3) is 0.333. The average molecular weight is 280 g/mol. The summed E-state index contributed by atoms with van der Waals surface area (Å²) in [5.41, 5.74) is 0.799. The van der Waals surface area contributed by atoms with Gasteiger partial charge in [0.2, 0.25) is 0 Å². The Labute approximate surface area is 116 Å². The molecule has 0 amide bonds. The number of piperidine rings is 1. The van der Waals surface area contributed by atoms with Gasteiger partial charge in [-0.1, -0.05) is 18.0 Å². The Balaban J connectivity index is 1.85. The molecule has 2 heterocycles. The minimum absolute atomic E-state index is 0.117. The predicted octanol–water partition coefficient (Wildman–Crippen LogP) is 4.55. The van der Waals surface area contributed by atoms with E-state index in [1.807, 2.05) is 12.1 Å². The van der Waals surface area contributed by atoms with Crippen LogP contribution < -0.4 is 5.32 Å². The Hall–Kier alpha value is -1.32. The van der Waals surface area contributed by atoms with Gasteiger partial charge < -0.3 is 9.73 Å². The molecule has 19 heavy (non-hydrogen) atoms. The summed E-state index contributed by atoms with van der Waals surface area (Å²) in [6.45, 7) is 1.03. The van der Waals surface area contributed by atoms with Crippen molar-refractivity contribution in [1.82, 2.24) is 5.32 Å². The van der Waals surface area contributed by atoms with Crippen LogP contribution in [0, 0.1) is 5.82 Å². The molecule has 0 aliphatic carbocycles. The zero-order chi connectivity index (χ0) is 13.2. The van der Waals surface area contributed by atoms with Crippen LogP contribution in [-0.2, 0) is 0 Å². The molecule has 0 radical (unpaired) electrons. The van der Waals surface area contributed by atoms with E-state index >= 15 is 0 Å². The molecule has 2 nitrogen and oxygen atoms in total. The minimum Gasteiger partial charge on any atom is -0.459 e.